The van der Waals surface area contributed by atoms with E-state index in [-0.39, 0.29) is 28.9 Å². The van der Waals surface area contributed by atoms with E-state index in [0.29, 0.717) is 30.7 Å². The van der Waals surface area contributed by atoms with Crippen molar-refractivity contribution in [3.8, 4) is 5.75 Å². The van der Waals surface area contributed by atoms with Crippen LogP contribution in [0.4, 0.5) is 0 Å². The number of carbonyl (C=O) groups is 2. The molecule has 2 N–H and O–H groups in total. The summed E-state index contributed by atoms with van der Waals surface area (Å²) in [5.74, 6) is -1.34. The Morgan fingerprint density at radius 1 is 1.12 bits per heavy atom. The molecule has 0 saturated carbocycles. The Balaban J connectivity index is 1.32. The normalized spacial score (nSPS) is 16.3. The van der Waals surface area contributed by atoms with Crippen LogP contribution in [0.1, 0.15) is 51.3 Å². The SMILES string of the molecule is CC(O)CNC(=O)c1ccccc1S(=O)(=O)CC1CCc2cc(O[C@H](Cn3ccnc3)c3ccccc3)ccc2C1=O. The van der Waals surface area contributed by atoms with Crippen molar-refractivity contribution in [2.75, 3.05) is 12.3 Å². The van der Waals surface area contributed by atoms with Crippen molar-refractivity contribution in [3.05, 3.63) is 114 Å². The van der Waals surface area contributed by atoms with Crippen LogP contribution in [0.2, 0.25) is 0 Å². The number of rotatable bonds is 11. The van der Waals surface area contributed by atoms with Crippen LogP contribution in [0.5, 0.6) is 5.75 Å². The maximum Gasteiger partial charge on any atom is 0.252 e. The molecular formula is C32H33N3O6S. The molecule has 10 heteroatoms. The molecule has 4 aromatic rings. The van der Waals surface area contributed by atoms with E-state index in [0.717, 1.165) is 11.1 Å². The molecule has 0 fully saturated rings. The Labute approximate surface area is 245 Å². The highest BCUT2D eigenvalue weighted by Crippen LogP contribution is 2.33. The Morgan fingerprint density at radius 2 is 1.88 bits per heavy atom. The Bertz CT molecular complexity index is 1650. The van der Waals surface area contributed by atoms with Gasteiger partial charge >= 0.3 is 0 Å². The first-order valence-corrected chi connectivity index (χ1v) is 15.5. The zero-order valence-electron chi connectivity index (χ0n) is 23.2. The molecule has 9 nitrogen and oxygen atoms in total. The molecule has 1 aliphatic carbocycles. The van der Waals surface area contributed by atoms with E-state index in [1.807, 2.05) is 47.2 Å². The molecule has 1 aromatic heterocycles. The number of sulfone groups is 1. The van der Waals surface area contributed by atoms with E-state index in [4.69, 9.17) is 4.74 Å². The van der Waals surface area contributed by atoms with Crippen molar-refractivity contribution >= 4 is 21.5 Å². The van der Waals surface area contributed by atoms with Crippen molar-refractivity contribution in [2.45, 2.75) is 43.4 Å². The second-order valence-corrected chi connectivity index (χ2v) is 12.5. The third kappa shape index (κ3) is 6.78. The number of aromatic nitrogens is 2. The van der Waals surface area contributed by atoms with E-state index in [9.17, 15) is 23.1 Å². The highest BCUT2D eigenvalue weighted by Gasteiger charge is 2.34. The molecule has 5 rings (SSSR count). The summed E-state index contributed by atoms with van der Waals surface area (Å²) in [4.78, 5) is 30.1. The van der Waals surface area contributed by atoms with Gasteiger partial charge in [-0.1, -0.05) is 42.5 Å². The molecule has 3 aromatic carbocycles. The third-order valence-corrected chi connectivity index (χ3v) is 9.17. The van der Waals surface area contributed by atoms with Gasteiger partial charge in [0.15, 0.2) is 15.6 Å². The fraction of sp³-hybridized carbons (Fsp3) is 0.281. The molecule has 1 amide bonds. The van der Waals surface area contributed by atoms with Gasteiger partial charge in [0.05, 0.1) is 35.2 Å². The lowest BCUT2D eigenvalue weighted by Gasteiger charge is -2.25. The van der Waals surface area contributed by atoms with Crippen molar-refractivity contribution in [1.29, 1.82) is 0 Å². The molecule has 2 unspecified atom stereocenters. The summed E-state index contributed by atoms with van der Waals surface area (Å²) in [5, 5.41) is 12.0. The molecule has 0 aliphatic heterocycles. The molecule has 218 valence electrons. The van der Waals surface area contributed by atoms with Gasteiger partial charge in [-0.2, -0.15) is 0 Å². The van der Waals surface area contributed by atoms with Gasteiger partial charge in [0.1, 0.15) is 11.9 Å². The number of aliphatic hydroxyl groups excluding tert-OH is 1. The molecule has 0 bridgehead atoms. The lowest BCUT2D eigenvalue weighted by atomic mass is 9.83. The summed E-state index contributed by atoms with van der Waals surface area (Å²) in [6.07, 6.45) is 5.15. The number of aryl methyl sites for hydroxylation is 1. The topological polar surface area (TPSA) is 128 Å². The molecule has 0 saturated heterocycles. The average molecular weight is 588 g/mol. The van der Waals surface area contributed by atoms with Gasteiger partial charge < -0.3 is 19.7 Å². The van der Waals surface area contributed by atoms with Crippen molar-refractivity contribution in [2.24, 2.45) is 5.92 Å². The maximum atomic E-state index is 13.5. The summed E-state index contributed by atoms with van der Waals surface area (Å²) in [6.45, 7) is 2.07. The predicted molar refractivity (Wildman–Crippen MR) is 157 cm³/mol. The Kier molecular flexibility index (Phi) is 8.84. The number of benzene rings is 3. The van der Waals surface area contributed by atoms with Gasteiger partial charge in [0.25, 0.3) is 5.91 Å². The van der Waals surface area contributed by atoms with E-state index >= 15 is 0 Å². The number of carbonyl (C=O) groups excluding carboxylic acids is 2. The summed E-state index contributed by atoms with van der Waals surface area (Å²) < 4.78 is 35.3. The van der Waals surface area contributed by atoms with Crippen LogP contribution in [0.25, 0.3) is 0 Å². The number of Topliss-reactive ketones (excluding diaryl/α,β-unsaturated/α-hetero) is 1. The molecule has 42 heavy (non-hydrogen) atoms. The van der Waals surface area contributed by atoms with Crippen LogP contribution < -0.4 is 10.1 Å². The number of ether oxygens (including phenoxy) is 1. The first-order chi connectivity index (χ1) is 20.2. The van der Waals surface area contributed by atoms with Crippen molar-refractivity contribution in [3.63, 3.8) is 0 Å². The number of aliphatic hydroxyl groups is 1. The smallest absolute Gasteiger partial charge is 0.252 e. The summed E-state index contributed by atoms with van der Waals surface area (Å²) in [5.41, 5.74) is 2.30. The first-order valence-electron chi connectivity index (χ1n) is 13.8. The minimum absolute atomic E-state index is 0.00716. The van der Waals surface area contributed by atoms with Crippen LogP contribution >= 0.6 is 0 Å². The van der Waals surface area contributed by atoms with Gasteiger partial charge in [0.2, 0.25) is 0 Å². The fourth-order valence-electron chi connectivity index (χ4n) is 5.17. The monoisotopic (exact) mass is 587 g/mol. The molecule has 1 aliphatic rings. The van der Waals surface area contributed by atoms with E-state index in [2.05, 4.69) is 10.3 Å². The minimum Gasteiger partial charge on any atom is -0.484 e. The Morgan fingerprint density at radius 3 is 2.62 bits per heavy atom. The number of fused-ring (bicyclic) bond motifs is 1. The van der Waals surface area contributed by atoms with Crippen LogP contribution in [0.3, 0.4) is 0 Å². The zero-order valence-corrected chi connectivity index (χ0v) is 24.0. The average Bonchev–Trinajstić information content (AvgIpc) is 3.51. The molecule has 0 spiro atoms. The number of amides is 1. The minimum atomic E-state index is -3.97. The van der Waals surface area contributed by atoms with Crippen LogP contribution in [0, 0.1) is 5.92 Å². The molecule has 1 heterocycles. The van der Waals surface area contributed by atoms with Crippen LogP contribution in [-0.2, 0) is 22.8 Å². The van der Waals surface area contributed by atoms with Crippen molar-refractivity contribution < 1.29 is 27.9 Å². The fourth-order valence-corrected chi connectivity index (χ4v) is 6.98. The summed E-state index contributed by atoms with van der Waals surface area (Å²) in [7, 11) is -3.97. The predicted octanol–water partition coefficient (Wildman–Crippen LogP) is 4.03. The lowest BCUT2D eigenvalue weighted by Crippen LogP contribution is -2.33. The standard InChI is InChI=1S/C32H33N3O6S/c1-22(36)18-34-32(38)28-9-5-6-10-30(28)42(39,40)20-25-12-11-24-17-26(13-14-27(24)31(25)37)41-29(19-35-16-15-33-21-35)23-7-3-2-4-8-23/h2-10,13-17,21-22,25,29,36H,11-12,18-20H2,1H3,(H,34,38)/t22?,25?,29-/m1/s1. The number of hydrogen-bond donors (Lipinski definition) is 2. The third-order valence-electron chi connectivity index (χ3n) is 7.31. The van der Waals surface area contributed by atoms with Crippen molar-refractivity contribution in [1.82, 2.24) is 14.9 Å². The highest BCUT2D eigenvalue weighted by atomic mass is 32.2. The second-order valence-electron chi connectivity index (χ2n) is 10.5. The number of nitrogens with one attached hydrogen (secondary N) is 1. The largest absolute Gasteiger partial charge is 0.484 e. The number of hydrogen-bond acceptors (Lipinski definition) is 7. The second kappa shape index (κ2) is 12.7. The number of ketones is 1. The van der Waals surface area contributed by atoms with Crippen LogP contribution in [0.15, 0.2) is 96.4 Å². The molecule has 0 radical (unpaired) electrons. The molecule has 3 atom stereocenters. The van der Waals surface area contributed by atoms with Gasteiger partial charge in [-0.15, -0.1) is 0 Å². The Hall–Kier alpha value is -4.28. The quantitative estimate of drug-likeness (QED) is 0.271. The number of nitrogens with zero attached hydrogens (tertiary/aromatic N) is 2. The van der Waals surface area contributed by atoms with Gasteiger partial charge in [0, 0.05) is 30.4 Å². The van der Waals surface area contributed by atoms with Gasteiger partial charge in [-0.05, 0) is 61.2 Å². The summed E-state index contributed by atoms with van der Waals surface area (Å²) in [6, 6.07) is 21.1. The van der Waals surface area contributed by atoms with E-state index in [1.165, 1.54) is 19.1 Å². The zero-order chi connectivity index (χ0) is 29.7. The number of imidazole rings is 1. The molecular weight excluding hydrogens is 554 g/mol. The van der Waals surface area contributed by atoms with E-state index < -0.39 is 33.5 Å². The van der Waals surface area contributed by atoms with Gasteiger partial charge in [-0.25, -0.2) is 13.4 Å². The summed E-state index contributed by atoms with van der Waals surface area (Å²) >= 11 is 0. The van der Waals surface area contributed by atoms with E-state index in [1.54, 1.807) is 36.8 Å². The highest BCUT2D eigenvalue weighted by molar-refractivity contribution is 7.91. The first kappa shape index (κ1) is 29.2. The lowest BCUT2D eigenvalue weighted by molar-refractivity contribution is 0.0912. The maximum absolute atomic E-state index is 13.5. The van der Waals surface area contributed by atoms with Crippen LogP contribution in [-0.4, -0.2) is 53.2 Å². The van der Waals surface area contributed by atoms with Gasteiger partial charge in [-0.3, -0.25) is 9.59 Å².